The van der Waals surface area contributed by atoms with Crippen LogP contribution in [0.3, 0.4) is 0 Å². The molecular formula is C71H104N10O12. The molecule has 0 heterocycles. The van der Waals surface area contributed by atoms with Crippen LogP contribution in [0.1, 0.15) is 149 Å². The second-order valence-corrected chi connectivity index (χ2v) is 24.4. The number of guanidine groups is 1. The second kappa shape index (κ2) is 43.3. The van der Waals surface area contributed by atoms with E-state index in [1.165, 1.54) is 6.07 Å². The number of Topliss-reactive ketones (excluding diaryl/α,β-unsaturated/α-hetero) is 3. The summed E-state index contributed by atoms with van der Waals surface area (Å²) < 4.78 is 5.29. The minimum absolute atomic E-state index is 0.0124. The highest BCUT2D eigenvalue weighted by Crippen LogP contribution is 2.28. The summed E-state index contributed by atoms with van der Waals surface area (Å²) in [6, 6.07) is 24.4. The van der Waals surface area contributed by atoms with Crippen molar-refractivity contribution in [3.63, 3.8) is 0 Å². The highest BCUT2D eigenvalue weighted by Gasteiger charge is 2.33. The van der Waals surface area contributed by atoms with Crippen molar-refractivity contribution in [1.29, 1.82) is 5.41 Å². The summed E-state index contributed by atoms with van der Waals surface area (Å²) in [6.45, 7) is 11.3. The number of carbonyl (C=O) groups excluding carboxylic acids is 7. The van der Waals surface area contributed by atoms with Gasteiger partial charge in [0.05, 0.1) is 17.9 Å². The van der Waals surface area contributed by atoms with E-state index in [0.29, 0.717) is 69.0 Å². The fourth-order valence-corrected chi connectivity index (χ4v) is 11.0. The molecule has 15 N–H and O–H groups in total. The topological polar surface area (TPSA) is 381 Å². The predicted molar refractivity (Wildman–Crippen MR) is 363 cm³/mol. The SMILES string of the molecule is CNCCCCC(C)C(=O)CC(Cc1ccccc1)C(=O)NC(CCCN=C(N)N)C(=O)CC(Cc1ccc(O)cc1C)OC=O.CNCCCCC(NC(=O)C(C)Cc1ccccc1)C(=O)CC(Cc1c(C)ccc(O)c1C)C(=O)NC(CCCCC(=N)N)C(=O)O. The Balaban J connectivity index is 0.000000485. The molecule has 8 unspecified atom stereocenters. The number of carboxylic acid groups (broad SMARTS) is 1. The Kier molecular flexibility index (Phi) is 36.7. The van der Waals surface area contributed by atoms with Crippen LogP contribution in [0, 0.1) is 49.9 Å². The van der Waals surface area contributed by atoms with Gasteiger partial charge in [0, 0.05) is 62.3 Å². The predicted octanol–water partition coefficient (Wildman–Crippen LogP) is 7.07. The van der Waals surface area contributed by atoms with E-state index >= 15 is 0 Å². The number of ketones is 3. The van der Waals surface area contributed by atoms with Crippen LogP contribution in [0.15, 0.2) is 96.0 Å². The lowest BCUT2D eigenvalue weighted by Gasteiger charge is -2.25. The number of nitrogens with one attached hydrogen (secondary N) is 6. The van der Waals surface area contributed by atoms with Crippen LogP contribution in [-0.2, 0) is 68.8 Å². The Morgan fingerprint density at radius 2 is 1.11 bits per heavy atom. The van der Waals surface area contributed by atoms with Crippen molar-refractivity contribution in [1.82, 2.24) is 26.6 Å². The molecule has 0 aliphatic rings. The van der Waals surface area contributed by atoms with Crippen molar-refractivity contribution in [2.24, 2.45) is 45.9 Å². The molecule has 22 nitrogen and oxygen atoms in total. The first-order chi connectivity index (χ1) is 44.4. The molecule has 0 spiro atoms. The molecule has 8 atom stereocenters. The number of ether oxygens (including phenoxy) is 1. The van der Waals surface area contributed by atoms with Gasteiger partial charge in [0.25, 0.3) is 6.47 Å². The van der Waals surface area contributed by atoms with Gasteiger partial charge < -0.3 is 63.8 Å². The molecule has 3 amide bonds. The van der Waals surface area contributed by atoms with Gasteiger partial charge in [0.1, 0.15) is 29.4 Å². The zero-order valence-electron chi connectivity index (χ0n) is 55.6. The molecule has 22 heteroatoms. The Morgan fingerprint density at radius 1 is 0.581 bits per heavy atom. The van der Waals surface area contributed by atoms with Gasteiger partial charge >= 0.3 is 5.97 Å². The van der Waals surface area contributed by atoms with E-state index < -0.39 is 47.9 Å². The molecule has 0 aromatic heterocycles. The molecule has 510 valence electrons. The second-order valence-electron chi connectivity index (χ2n) is 24.4. The van der Waals surface area contributed by atoms with Crippen molar-refractivity contribution in [2.75, 3.05) is 33.7 Å². The highest BCUT2D eigenvalue weighted by molar-refractivity contribution is 5.94. The van der Waals surface area contributed by atoms with E-state index in [1.807, 2.05) is 102 Å². The normalized spacial score (nSPS) is 13.6. The van der Waals surface area contributed by atoms with E-state index in [-0.39, 0.29) is 116 Å². The Labute approximate surface area is 549 Å². The minimum atomic E-state index is -1.20. The number of aliphatic imine (C=N–C) groups is 1. The van der Waals surface area contributed by atoms with Crippen molar-refractivity contribution >= 4 is 59.3 Å². The fourth-order valence-electron chi connectivity index (χ4n) is 11.0. The summed E-state index contributed by atoms with van der Waals surface area (Å²) in [5, 5.41) is 52.1. The van der Waals surface area contributed by atoms with E-state index in [4.69, 9.17) is 27.3 Å². The molecule has 4 aromatic carbocycles. The van der Waals surface area contributed by atoms with Gasteiger partial charge in [-0.1, -0.05) is 99.5 Å². The van der Waals surface area contributed by atoms with Crippen molar-refractivity contribution in [3.8, 4) is 11.5 Å². The zero-order chi connectivity index (χ0) is 68.8. The summed E-state index contributed by atoms with van der Waals surface area (Å²) >= 11 is 0. The number of nitrogens with zero attached hydrogens (tertiary/aromatic N) is 1. The Morgan fingerprint density at radius 3 is 1.68 bits per heavy atom. The van der Waals surface area contributed by atoms with Crippen LogP contribution in [-0.4, -0.2) is 133 Å². The van der Waals surface area contributed by atoms with Gasteiger partial charge in [-0.25, -0.2) is 4.79 Å². The fraction of sp³-hybridized carbons (Fsp3) is 0.521. The van der Waals surface area contributed by atoms with Crippen LogP contribution in [0.5, 0.6) is 11.5 Å². The molecule has 4 aromatic rings. The first-order valence-corrected chi connectivity index (χ1v) is 32.5. The number of nitrogens with two attached hydrogens (primary N) is 3. The lowest BCUT2D eigenvalue weighted by Crippen LogP contribution is -2.47. The number of benzene rings is 4. The average Bonchev–Trinajstić information content (AvgIpc) is 1.10. The number of aliphatic carboxylic acids is 1. The maximum atomic E-state index is 14.0. The molecule has 0 aliphatic heterocycles. The third-order valence-corrected chi connectivity index (χ3v) is 16.7. The van der Waals surface area contributed by atoms with Gasteiger partial charge in [-0.15, -0.1) is 0 Å². The van der Waals surface area contributed by atoms with E-state index in [2.05, 4.69) is 31.6 Å². The lowest BCUT2D eigenvalue weighted by atomic mass is 9.86. The first kappa shape index (κ1) is 78.7. The van der Waals surface area contributed by atoms with Crippen LogP contribution in [0.25, 0.3) is 0 Å². The van der Waals surface area contributed by atoms with Crippen LogP contribution in [0.2, 0.25) is 0 Å². The molecule has 4 rings (SSSR count). The molecule has 93 heavy (non-hydrogen) atoms. The smallest absolute Gasteiger partial charge is 0.326 e. The number of carboxylic acids is 1. The number of aryl methyl sites for hydroxylation is 2. The molecule has 0 bridgehead atoms. The number of phenolic OH excluding ortho intramolecular Hbond substituents is 2. The molecule has 0 saturated heterocycles. The number of aromatic hydroxyl groups is 2. The summed E-state index contributed by atoms with van der Waals surface area (Å²) in [6.07, 6.45) is 6.69. The molecule has 0 fully saturated rings. The van der Waals surface area contributed by atoms with Crippen LogP contribution in [0.4, 0.5) is 0 Å². The quantitative estimate of drug-likeness (QED) is 0.00910. The van der Waals surface area contributed by atoms with Gasteiger partial charge in [0.15, 0.2) is 17.5 Å². The standard InChI is InChI=1S/C36H53N5O6.C35H51N5O6/c1-23-17-18-31(42)25(3)28(23)21-27(35(45)41-30(36(46)47)15-8-9-16-33(37)38)22-32(43)29(14-10-11-19-39-4)40-34(44)24(2)20-26-12-6-5-7-13-26;1-24(10-7-8-16-38-3)32(43)21-28(19-26-11-5-4-6-12-26)34(45)40-31(13-9-17-39-35(36)37)33(44)22-30(46-23-41)20-27-14-15-29(42)18-25(27)2/h5-7,12-13,17-18,24,27,29-30,39,42H,8-11,14-16,19-22H2,1-4H3,(H3,37,38)(H,40,44)(H,41,45)(H,46,47);4-6,11-12,14-15,18,23-24,28,30-31,38,42H,7-10,13,16-17,19-22H2,1-3H3,(H,40,45)(H4,36,37,39). The van der Waals surface area contributed by atoms with Crippen LogP contribution < -0.4 is 43.8 Å². The number of amides is 3. The van der Waals surface area contributed by atoms with Gasteiger partial charge in [0.2, 0.25) is 17.7 Å². The monoisotopic (exact) mass is 1290 g/mol. The summed E-state index contributed by atoms with van der Waals surface area (Å²) in [5.74, 6) is -5.12. The Hall–Kier alpha value is -8.50. The highest BCUT2D eigenvalue weighted by atomic mass is 16.5. The molecule has 0 radical (unpaired) electrons. The van der Waals surface area contributed by atoms with E-state index in [1.54, 1.807) is 31.2 Å². The number of carbonyl (C=O) groups is 8. The number of hydrogen-bond donors (Lipinski definition) is 12. The minimum Gasteiger partial charge on any atom is -0.508 e. The number of hydrogen-bond acceptors (Lipinski definition) is 15. The van der Waals surface area contributed by atoms with Gasteiger partial charge in [-0.2, -0.15) is 0 Å². The van der Waals surface area contributed by atoms with E-state index in [9.17, 15) is 53.7 Å². The van der Waals surface area contributed by atoms with Gasteiger partial charge in [-0.05, 0) is 182 Å². The third-order valence-electron chi connectivity index (χ3n) is 16.7. The number of phenols is 2. The average molecular weight is 1290 g/mol. The zero-order valence-corrected chi connectivity index (χ0v) is 55.6. The summed E-state index contributed by atoms with van der Waals surface area (Å²) in [5.41, 5.74) is 22.0. The first-order valence-electron chi connectivity index (χ1n) is 32.5. The van der Waals surface area contributed by atoms with E-state index in [0.717, 1.165) is 66.6 Å². The van der Waals surface area contributed by atoms with Gasteiger partial charge in [-0.3, -0.25) is 44.0 Å². The number of rotatable bonds is 45. The maximum Gasteiger partial charge on any atom is 0.326 e. The number of amidine groups is 1. The Bertz CT molecular complexity index is 3030. The number of unbranched alkanes of at least 4 members (excludes halogenated alkanes) is 3. The van der Waals surface area contributed by atoms with Crippen LogP contribution >= 0.6 is 0 Å². The maximum absolute atomic E-state index is 14.0. The lowest BCUT2D eigenvalue weighted by molar-refractivity contribution is -0.143. The third kappa shape index (κ3) is 30.7. The van der Waals surface area contributed by atoms with Crippen molar-refractivity contribution < 1.29 is 58.4 Å². The molecule has 0 saturated carbocycles. The summed E-state index contributed by atoms with van der Waals surface area (Å²) in [4.78, 5) is 109. The van der Waals surface area contributed by atoms with Crippen molar-refractivity contribution in [2.45, 2.75) is 181 Å². The molecule has 0 aliphatic carbocycles. The van der Waals surface area contributed by atoms with Crippen molar-refractivity contribution in [3.05, 3.63) is 130 Å². The largest absolute Gasteiger partial charge is 0.508 e. The molecular weight excluding hydrogens is 1180 g/mol. The summed E-state index contributed by atoms with van der Waals surface area (Å²) in [7, 11) is 3.74.